The first-order valence-electron chi connectivity index (χ1n) is 6.86. The number of nitrogens with one attached hydrogen (secondary N) is 1. The zero-order valence-corrected chi connectivity index (χ0v) is 12.2. The molecular weight excluding hydrogens is 315 g/mol. The lowest BCUT2D eigenvalue weighted by atomic mass is 10.1. The summed E-state index contributed by atoms with van der Waals surface area (Å²) >= 11 is 5.84. The SMILES string of the molecule is FC(F)(F)c1ccc(-c2cc(Cl)ncn2)c(NCC2CC2)c1. The lowest BCUT2D eigenvalue weighted by Gasteiger charge is -2.15. The predicted octanol–water partition coefficient (Wildman–Crippen LogP) is 4.64. The fourth-order valence-corrected chi connectivity index (χ4v) is 2.29. The van der Waals surface area contributed by atoms with E-state index in [-0.39, 0.29) is 5.15 Å². The molecule has 0 aliphatic heterocycles. The van der Waals surface area contributed by atoms with E-state index < -0.39 is 11.7 Å². The van der Waals surface area contributed by atoms with Crippen molar-refractivity contribution in [3.8, 4) is 11.3 Å². The molecule has 3 rings (SSSR count). The Morgan fingerprint density at radius 3 is 2.59 bits per heavy atom. The van der Waals surface area contributed by atoms with Crippen molar-refractivity contribution in [2.75, 3.05) is 11.9 Å². The Bertz CT molecular complexity index is 684. The number of anilines is 1. The standard InChI is InChI=1S/C15H13ClF3N3/c16-14-6-13(21-8-22-14)11-4-3-10(15(17,18)19)5-12(11)20-7-9-1-2-9/h3-6,8-9,20H,1-2,7H2. The normalized spacial score (nSPS) is 14.9. The van der Waals surface area contributed by atoms with Gasteiger partial charge in [-0.25, -0.2) is 9.97 Å². The Kier molecular flexibility index (Phi) is 3.95. The van der Waals surface area contributed by atoms with Crippen molar-refractivity contribution in [2.24, 2.45) is 5.92 Å². The molecule has 0 unspecified atom stereocenters. The predicted molar refractivity (Wildman–Crippen MR) is 78.7 cm³/mol. The van der Waals surface area contributed by atoms with E-state index in [2.05, 4.69) is 15.3 Å². The van der Waals surface area contributed by atoms with Crippen LogP contribution in [0.4, 0.5) is 18.9 Å². The van der Waals surface area contributed by atoms with Crippen LogP contribution in [0.25, 0.3) is 11.3 Å². The second kappa shape index (κ2) is 5.76. The maximum absolute atomic E-state index is 12.9. The molecule has 22 heavy (non-hydrogen) atoms. The van der Waals surface area contributed by atoms with Crippen LogP contribution in [-0.4, -0.2) is 16.5 Å². The Hall–Kier alpha value is -1.82. The average Bonchev–Trinajstić information content (AvgIpc) is 3.28. The van der Waals surface area contributed by atoms with Crippen LogP contribution in [0.15, 0.2) is 30.6 Å². The van der Waals surface area contributed by atoms with Crippen molar-refractivity contribution in [2.45, 2.75) is 19.0 Å². The van der Waals surface area contributed by atoms with Gasteiger partial charge in [0.2, 0.25) is 0 Å². The van der Waals surface area contributed by atoms with E-state index in [0.29, 0.717) is 29.4 Å². The maximum atomic E-state index is 12.9. The summed E-state index contributed by atoms with van der Waals surface area (Å²) in [5.74, 6) is 0.538. The molecule has 1 aromatic heterocycles. The van der Waals surface area contributed by atoms with Crippen molar-refractivity contribution >= 4 is 17.3 Å². The third-order valence-corrected chi connectivity index (χ3v) is 3.74. The molecule has 7 heteroatoms. The van der Waals surface area contributed by atoms with Gasteiger partial charge in [0, 0.05) is 23.9 Å². The Morgan fingerprint density at radius 2 is 1.95 bits per heavy atom. The molecule has 1 aliphatic rings. The molecule has 2 aromatic rings. The Balaban J connectivity index is 1.99. The van der Waals surface area contributed by atoms with Crippen LogP contribution < -0.4 is 5.32 Å². The third kappa shape index (κ3) is 3.50. The van der Waals surface area contributed by atoms with Gasteiger partial charge in [-0.2, -0.15) is 13.2 Å². The molecule has 0 amide bonds. The molecule has 0 saturated heterocycles. The molecule has 116 valence electrons. The highest BCUT2D eigenvalue weighted by molar-refractivity contribution is 6.29. The van der Waals surface area contributed by atoms with E-state index in [0.717, 1.165) is 25.0 Å². The Morgan fingerprint density at radius 1 is 1.18 bits per heavy atom. The molecule has 3 nitrogen and oxygen atoms in total. The summed E-state index contributed by atoms with van der Waals surface area (Å²) < 4.78 is 38.7. The van der Waals surface area contributed by atoms with Crippen molar-refractivity contribution < 1.29 is 13.2 Å². The molecule has 0 atom stereocenters. The molecule has 0 spiro atoms. The molecule has 1 heterocycles. The molecule has 1 saturated carbocycles. The molecule has 0 bridgehead atoms. The summed E-state index contributed by atoms with van der Waals surface area (Å²) in [6, 6.07) is 5.12. The minimum atomic E-state index is -4.38. The number of hydrogen-bond donors (Lipinski definition) is 1. The molecule has 1 aromatic carbocycles. The average molecular weight is 328 g/mol. The minimum Gasteiger partial charge on any atom is -0.384 e. The van der Waals surface area contributed by atoms with Gasteiger partial charge in [0.25, 0.3) is 0 Å². The van der Waals surface area contributed by atoms with Gasteiger partial charge in [-0.05, 0) is 30.9 Å². The van der Waals surface area contributed by atoms with Crippen molar-refractivity contribution in [1.29, 1.82) is 0 Å². The number of benzene rings is 1. The number of hydrogen-bond acceptors (Lipinski definition) is 3. The fourth-order valence-electron chi connectivity index (χ4n) is 2.15. The summed E-state index contributed by atoms with van der Waals surface area (Å²) in [4.78, 5) is 7.88. The molecule has 1 aliphatic carbocycles. The zero-order valence-electron chi connectivity index (χ0n) is 11.5. The van der Waals surface area contributed by atoms with Gasteiger partial charge in [-0.1, -0.05) is 17.7 Å². The minimum absolute atomic E-state index is 0.248. The molecular formula is C15H13ClF3N3. The van der Waals surface area contributed by atoms with Crippen LogP contribution in [0.3, 0.4) is 0 Å². The lowest BCUT2D eigenvalue weighted by molar-refractivity contribution is -0.137. The largest absolute Gasteiger partial charge is 0.416 e. The number of nitrogens with zero attached hydrogens (tertiary/aromatic N) is 2. The highest BCUT2D eigenvalue weighted by Gasteiger charge is 2.31. The summed E-state index contributed by atoms with van der Waals surface area (Å²) in [5.41, 5.74) is 0.802. The van der Waals surface area contributed by atoms with Gasteiger partial charge in [0.1, 0.15) is 11.5 Å². The van der Waals surface area contributed by atoms with Crippen LogP contribution in [-0.2, 0) is 6.18 Å². The summed E-state index contributed by atoms with van der Waals surface area (Å²) in [5, 5.41) is 3.35. The maximum Gasteiger partial charge on any atom is 0.416 e. The number of rotatable bonds is 4. The van der Waals surface area contributed by atoms with E-state index in [1.54, 1.807) is 0 Å². The highest BCUT2D eigenvalue weighted by Crippen LogP contribution is 2.37. The van der Waals surface area contributed by atoms with Crippen molar-refractivity contribution in [3.05, 3.63) is 41.3 Å². The summed E-state index contributed by atoms with van der Waals surface area (Å²) in [7, 11) is 0. The van der Waals surface area contributed by atoms with Crippen molar-refractivity contribution in [1.82, 2.24) is 9.97 Å². The lowest BCUT2D eigenvalue weighted by Crippen LogP contribution is -2.09. The second-order valence-electron chi connectivity index (χ2n) is 5.31. The summed E-state index contributed by atoms with van der Waals surface area (Å²) in [6.45, 7) is 0.660. The smallest absolute Gasteiger partial charge is 0.384 e. The second-order valence-corrected chi connectivity index (χ2v) is 5.70. The van der Waals surface area contributed by atoms with Crippen LogP contribution in [0.2, 0.25) is 5.15 Å². The van der Waals surface area contributed by atoms with E-state index in [4.69, 9.17) is 11.6 Å². The number of halogens is 4. The first-order chi connectivity index (χ1) is 10.4. The highest BCUT2D eigenvalue weighted by atomic mass is 35.5. The first-order valence-corrected chi connectivity index (χ1v) is 7.24. The van der Waals surface area contributed by atoms with E-state index >= 15 is 0 Å². The van der Waals surface area contributed by atoms with Crippen LogP contribution in [0.5, 0.6) is 0 Å². The zero-order chi connectivity index (χ0) is 15.7. The van der Waals surface area contributed by atoms with E-state index in [1.807, 2.05) is 0 Å². The van der Waals surface area contributed by atoms with Gasteiger partial charge in [0.05, 0.1) is 11.3 Å². The van der Waals surface area contributed by atoms with Crippen LogP contribution >= 0.6 is 11.6 Å². The first kappa shape index (κ1) is 15.1. The van der Waals surface area contributed by atoms with Gasteiger partial charge in [0.15, 0.2) is 0 Å². The molecule has 0 radical (unpaired) electrons. The van der Waals surface area contributed by atoms with Gasteiger partial charge in [-0.15, -0.1) is 0 Å². The van der Waals surface area contributed by atoms with E-state index in [9.17, 15) is 13.2 Å². The van der Waals surface area contributed by atoms with Gasteiger partial charge in [-0.3, -0.25) is 0 Å². The third-order valence-electron chi connectivity index (χ3n) is 3.53. The fraction of sp³-hybridized carbons (Fsp3) is 0.333. The molecule has 1 N–H and O–H groups in total. The Labute approximate surface area is 130 Å². The van der Waals surface area contributed by atoms with Gasteiger partial charge < -0.3 is 5.32 Å². The summed E-state index contributed by atoms with van der Waals surface area (Å²) in [6.07, 6.45) is -0.862. The quantitative estimate of drug-likeness (QED) is 0.831. The number of aromatic nitrogens is 2. The van der Waals surface area contributed by atoms with E-state index in [1.165, 1.54) is 18.5 Å². The van der Waals surface area contributed by atoms with Crippen molar-refractivity contribution in [3.63, 3.8) is 0 Å². The molecule has 1 fully saturated rings. The topological polar surface area (TPSA) is 37.8 Å². The van der Waals surface area contributed by atoms with Crippen LogP contribution in [0.1, 0.15) is 18.4 Å². The van der Waals surface area contributed by atoms with Gasteiger partial charge >= 0.3 is 6.18 Å². The number of alkyl halides is 3. The van der Waals surface area contributed by atoms with Crippen LogP contribution in [0, 0.1) is 5.92 Å². The monoisotopic (exact) mass is 327 g/mol.